The summed E-state index contributed by atoms with van der Waals surface area (Å²) in [5.41, 5.74) is -2.70. The topological polar surface area (TPSA) is 75.0 Å². The highest BCUT2D eigenvalue weighted by Crippen LogP contribution is 2.40. The van der Waals surface area contributed by atoms with Gasteiger partial charge in [0.15, 0.2) is 0 Å². The van der Waals surface area contributed by atoms with Gasteiger partial charge in [0.2, 0.25) is 0 Å². The summed E-state index contributed by atoms with van der Waals surface area (Å²) in [4.78, 5) is 12.0. The molecule has 0 aliphatic heterocycles. The van der Waals surface area contributed by atoms with E-state index in [1.165, 1.54) is 11.4 Å². The lowest BCUT2D eigenvalue weighted by Crippen LogP contribution is -2.37. The number of hydrogen-bond donors (Lipinski definition) is 3. The van der Waals surface area contributed by atoms with Crippen LogP contribution in [0, 0.1) is 11.8 Å². The van der Waals surface area contributed by atoms with E-state index in [1.54, 1.807) is 42.6 Å². The van der Waals surface area contributed by atoms with E-state index >= 15 is 0 Å². The van der Waals surface area contributed by atoms with Gasteiger partial charge in [-0.05, 0) is 52.3 Å². The molecule has 35 heavy (non-hydrogen) atoms. The predicted octanol–water partition coefficient (Wildman–Crippen LogP) is 5.04. The predicted molar refractivity (Wildman–Crippen MR) is 132 cm³/mol. The zero-order valence-corrected chi connectivity index (χ0v) is 20.9. The van der Waals surface area contributed by atoms with Gasteiger partial charge in [-0.1, -0.05) is 11.8 Å². The van der Waals surface area contributed by atoms with Crippen LogP contribution in [0.4, 0.5) is 18.9 Å². The van der Waals surface area contributed by atoms with E-state index < -0.39 is 5.51 Å². The van der Waals surface area contributed by atoms with Crippen molar-refractivity contribution in [3.05, 3.63) is 58.2 Å². The third kappa shape index (κ3) is 6.07. The minimum Gasteiger partial charge on any atom is -0.488 e. The Labute approximate surface area is 212 Å². The fourth-order valence-electron chi connectivity index (χ4n) is 3.59. The van der Waals surface area contributed by atoms with Crippen molar-refractivity contribution >= 4 is 44.8 Å². The average molecular weight is 568 g/mol. The number of carbonyl (C=O) groups is 1. The normalized spacial score (nSPS) is 17.3. The lowest BCUT2D eigenvalue weighted by atomic mass is 9.92. The van der Waals surface area contributed by atoms with Crippen molar-refractivity contribution in [3.63, 3.8) is 0 Å². The van der Waals surface area contributed by atoms with Crippen LogP contribution in [0.2, 0.25) is 0 Å². The lowest BCUT2D eigenvalue weighted by Gasteiger charge is -2.32. The number of pyridine rings is 1. The third-order valence-corrected chi connectivity index (χ3v) is 6.86. The van der Waals surface area contributed by atoms with Crippen LogP contribution in [0.1, 0.15) is 28.8 Å². The Balaban J connectivity index is 1.57. The first kappa shape index (κ1) is 25.3. The molecule has 3 N–H and O–H groups in total. The molecule has 0 unspecified atom stereocenters. The Kier molecular flexibility index (Phi) is 7.54. The maximum Gasteiger partial charge on any atom is 0.447 e. The van der Waals surface area contributed by atoms with Crippen LogP contribution < -0.4 is 15.4 Å². The van der Waals surface area contributed by atoms with Crippen molar-refractivity contribution < 1.29 is 27.8 Å². The number of alkyl halides is 3. The van der Waals surface area contributed by atoms with Crippen molar-refractivity contribution in [2.75, 3.05) is 18.9 Å². The van der Waals surface area contributed by atoms with Crippen LogP contribution in [0.25, 0.3) is 5.52 Å². The van der Waals surface area contributed by atoms with Gasteiger partial charge in [-0.15, -0.1) is 0 Å². The summed E-state index contributed by atoms with van der Waals surface area (Å²) < 4.78 is 47.6. The minimum atomic E-state index is -4.47. The van der Waals surface area contributed by atoms with Crippen molar-refractivity contribution in [2.24, 2.45) is 0 Å². The van der Waals surface area contributed by atoms with Crippen molar-refractivity contribution in [3.8, 4) is 17.6 Å². The molecule has 2 heterocycles. The highest BCUT2D eigenvalue weighted by atomic mass is 79.9. The van der Waals surface area contributed by atoms with Crippen LogP contribution >= 0.6 is 27.7 Å². The second-order valence-corrected chi connectivity index (χ2v) is 9.74. The summed E-state index contributed by atoms with van der Waals surface area (Å²) in [5, 5.41) is 15.2. The molecule has 0 radical (unpaired) electrons. The first-order valence-electron chi connectivity index (χ1n) is 10.6. The molecular formula is C24H21BrF3N3O3S. The highest BCUT2D eigenvalue weighted by Gasteiger charge is 2.32. The molecule has 1 aliphatic rings. The SMILES string of the molecule is CNC(=O)c1ccc(OC2CC(O)C2)c(NCC#Cc2cc3c(Br)cccn3c2SC(F)(F)F)c1. The molecule has 2 aromatic heterocycles. The van der Waals surface area contributed by atoms with Crippen LogP contribution in [-0.2, 0) is 0 Å². The summed E-state index contributed by atoms with van der Waals surface area (Å²) >= 11 is 3.16. The van der Waals surface area contributed by atoms with Crippen molar-refractivity contribution in [2.45, 2.75) is 35.6 Å². The van der Waals surface area contributed by atoms with Gasteiger partial charge in [-0.3, -0.25) is 4.79 Å². The molecule has 1 aliphatic carbocycles. The molecule has 1 amide bonds. The lowest BCUT2D eigenvalue weighted by molar-refractivity contribution is -0.0330. The van der Waals surface area contributed by atoms with Gasteiger partial charge in [0.1, 0.15) is 16.9 Å². The Morgan fingerprint density at radius 1 is 1.31 bits per heavy atom. The Bertz CT molecular complexity index is 1310. The number of amides is 1. The number of aliphatic hydroxyl groups excluding tert-OH is 1. The number of aromatic nitrogens is 1. The van der Waals surface area contributed by atoms with E-state index in [9.17, 15) is 23.1 Å². The molecular weight excluding hydrogens is 547 g/mol. The van der Waals surface area contributed by atoms with Crippen molar-refractivity contribution in [1.29, 1.82) is 0 Å². The fourth-order valence-corrected chi connectivity index (χ4v) is 4.75. The van der Waals surface area contributed by atoms with Gasteiger partial charge < -0.3 is 24.9 Å². The van der Waals surface area contributed by atoms with E-state index in [4.69, 9.17) is 4.74 Å². The summed E-state index contributed by atoms with van der Waals surface area (Å²) in [7, 11) is 1.53. The molecule has 0 bridgehead atoms. The number of aliphatic hydroxyl groups is 1. The number of halogens is 4. The number of carbonyl (C=O) groups excluding carboxylic acids is 1. The molecule has 0 atom stereocenters. The number of anilines is 1. The quantitative estimate of drug-likeness (QED) is 0.287. The Morgan fingerprint density at radius 3 is 2.77 bits per heavy atom. The van der Waals surface area contributed by atoms with Crippen LogP contribution in [0.15, 0.2) is 52.1 Å². The zero-order chi connectivity index (χ0) is 25.2. The minimum absolute atomic E-state index is 0.0181. The smallest absolute Gasteiger partial charge is 0.447 e. The standard InChI is InChI=1S/C24H21BrF3N3O3S/c1-29-22(33)14-6-7-21(34-17-12-16(32)13-17)19(10-14)30-8-2-4-15-11-20-18(25)5-3-9-31(20)23(15)35-24(26,27)28/h3,5-7,9-11,16-17,30,32H,8,12-13H2,1H3,(H,29,33). The van der Waals surface area contributed by atoms with Gasteiger partial charge >= 0.3 is 5.51 Å². The number of fused-ring (bicyclic) bond motifs is 1. The van der Waals surface area contributed by atoms with E-state index in [1.807, 2.05) is 0 Å². The molecule has 6 nitrogen and oxygen atoms in total. The Hall–Kier alpha value is -2.81. The maximum absolute atomic E-state index is 13.2. The first-order valence-corrected chi connectivity index (χ1v) is 12.2. The summed E-state index contributed by atoms with van der Waals surface area (Å²) in [5.74, 6) is 5.93. The molecule has 1 saturated carbocycles. The van der Waals surface area contributed by atoms with Crippen LogP contribution in [0.3, 0.4) is 0 Å². The number of thioether (sulfide) groups is 1. The van der Waals surface area contributed by atoms with Crippen LogP contribution in [0.5, 0.6) is 5.75 Å². The molecule has 3 aromatic rings. The largest absolute Gasteiger partial charge is 0.488 e. The molecule has 184 valence electrons. The molecule has 0 saturated heterocycles. The summed E-state index contributed by atoms with van der Waals surface area (Å²) in [6, 6.07) is 9.93. The Morgan fingerprint density at radius 2 is 2.09 bits per heavy atom. The van der Waals surface area contributed by atoms with Crippen molar-refractivity contribution in [1.82, 2.24) is 9.72 Å². The highest BCUT2D eigenvalue weighted by molar-refractivity contribution is 9.10. The van der Waals surface area contributed by atoms with E-state index in [2.05, 4.69) is 38.4 Å². The second-order valence-electron chi connectivity index (χ2n) is 7.83. The summed E-state index contributed by atoms with van der Waals surface area (Å²) in [6.45, 7) is 0.102. The second kappa shape index (κ2) is 10.4. The molecule has 0 spiro atoms. The van der Waals surface area contributed by atoms with Gasteiger partial charge in [0.05, 0.1) is 29.4 Å². The molecule has 1 fully saturated rings. The van der Waals surface area contributed by atoms with E-state index in [-0.39, 0.29) is 47.0 Å². The zero-order valence-electron chi connectivity index (χ0n) is 18.4. The third-order valence-electron chi connectivity index (χ3n) is 5.35. The number of nitrogens with one attached hydrogen (secondary N) is 2. The fraction of sp³-hybridized carbons (Fsp3) is 0.292. The molecule has 4 rings (SSSR count). The van der Waals surface area contributed by atoms with E-state index in [0.29, 0.717) is 39.8 Å². The summed E-state index contributed by atoms with van der Waals surface area (Å²) in [6.07, 6.45) is 2.09. The first-order chi connectivity index (χ1) is 16.6. The van der Waals surface area contributed by atoms with Crippen LogP contribution in [-0.4, -0.2) is 46.7 Å². The molecule has 11 heteroatoms. The monoisotopic (exact) mass is 567 g/mol. The molecule has 1 aromatic carbocycles. The number of hydrogen-bond acceptors (Lipinski definition) is 5. The van der Waals surface area contributed by atoms with Gasteiger partial charge in [0.25, 0.3) is 5.91 Å². The average Bonchev–Trinajstić information content (AvgIpc) is 3.13. The van der Waals surface area contributed by atoms with Gasteiger partial charge in [0, 0.05) is 47.9 Å². The van der Waals surface area contributed by atoms with Gasteiger partial charge in [-0.2, -0.15) is 13.2 Å². The number of ether oxygens (including phenoxy) is 1. The number of benzene rings is 1. The van der Waals surface area contributed by atoms with E-state index in [0.717, 1.165) is 0 Å². The van der Waals surface area contributed by atoms with Gasteiger partial charge in [-0.25, -0.2) is 0 Å². The number of nitrogens with zero attached hydrogens (tertiary/aromatic N) is 1. The maximum atomic E-state index is 13.2. The number of rotatable bonds is 6.